The number of aryl methyl sites for hydroxylation is 4. The number of nitrogens with two attached hydrogens (primary N) is 1. The van der Waals surface area contributed by atoms with E-state index in [1.807, 2.05) is 135 Å². The molecule has 4 aromatic heterocycles. The predicted octanol–water partition coefficient (Wildman–Crippen LogP) is 16.2. The van der Waals surface area contributed by atoms with Crippen LogP contribution in [0, 0.1) is 39.5 Å². The molecule has 0 bridgehead atoms. The van der Waals surface area contributed by atoms with Crippen LogP contribution in [0.15, 0.2) is 188 Å². The first-order valence-corrected chi connectivity index (χ1v) is 41.0. The predicted molar refractivity (Wildman–Crippen MR) is 449 cm³/mol. The summed E-state index contributed by atoms with van der Waals surface area (Å²) in [6.07, 6.45) is 6.53. The minimum atomic E-state index is -0.460. The second kappa shape index (κ2) is 36.2. The molecule has 630 valence electrons. The Balaban J connectivity index is 0.000000134. The number of phenolic OH excluding ortho intramolecular Hbond substituents is 1. The summed E-state index contributed by atoms with van der Waals surface area (Å²) in [7, 11) is -0.460. The molecule has 0 radical (unpaired) electrons. The van der Waals surface area contributed by atoms with Gasteiger partial charge in [0.1, 0.15) is 17.2 Å². The minimum Gasteiger partial charge on any atom is -0.508 e. The van der Waals surface area contributed by atoms with Gasteiger partial charge >= 0.3 is 19.1 Å². The first-order valence-electron chi connectivity index (χ1n) is 41.0. The molecule has 3 fully saturated rings. The van der Waals surface area contributed by atoms with E-state index in [1.165, 1.54) is 14.7 Å². The summed E-state index contributed by atoms with van der Waals surface area (Å²) in [5.41, 5.74) is 17.2. The molecule has 2 aliphatic carbocycles. The van der Waals surface area contributed by atoms with E-state index in [9.17, 15) is 43.5 Å². The molecule has 8 heterocycles. The van der Waals surface area contributed by atoms with Crippen molar-refractivity contribution in [1.82, 2.24) is 35.3 Å². The average Bonchev–Trinajstić information content (AvgIpc) is 1.66. The molecule has 1 saturated heterocycles. The van der Waals surface area contributed by atoms with Crippen molar-refractivity contribution in [2.75, 3.05) is 0 Å². The first kappa shape index (κ1) is 85.5. The van der Waals surface area contributed by atoms with E-state index in [1.54, 1.807) is 118 Å². The van der Waals surface area contributed by atoms with E-state index in [0.717, 1.165) is 77.7 Å². The van der Waals surface area contributed by atoms with E-state index in [2.05, 4.69) is 20.6 Å². The number of benzene rings is 7. The summed E-state index contributed by atoms with van der Waals surface area (Å²) in [6.45, 7) is 23.4. The van der Waals surface area contributed by atoms with Crippen molar-refractivity contribution in [3.63, 3.8) is 0 Å². The van der Waals surface area contributed by atoms with Crippen molar-refractivity contribution in [3.8, 4) is 62.5 Å². The Kier molecular flexibility index (Phi) is 25.4. The summed E-state index contributed by atoms with van der Waals surface area (Å²) >= 11 is 0. The van der Waals surface area contributed by atoms with Gasteiger partial charge in [-0.05, 0) is 249 Å². The number of amides is 6. The number of imide groups is 3. The zero-order chi connectivity index (χ0) is 86.6. The zero-order valence-corrected chi connectivity index (χ0v) is 70.2. The zero-order valence-electron chi connectivity index (χ0n) is 70.2. The molecule has 6 amide bonds. The Morgan fingerprint density at radius 1 is 0.426 bits per heavy atom. The molecule has 0 spiro atoms. The number of nitrogens with zero attached hydrogens (tertiary/aromatic N) is 7. The number of fused-ring (bicyclic) bond motifs is 3. The van der Waals surface area contributed by atoms with Crippen LogP contribution in [0.3, 0.4) is 0 Å². The van der Waals surface area contributed by atoms with Gasteiger partial charge in [-0.1, -0.05) is 81.3 Å². The van der Waals surface area contributed by atoms with Crippen LogP contribution in [-0.2, 0) is 54.6 Å². The first-order chi connectivity index (χ1) is 58.4. The standard InChI is InChI=1S/C29H30N2O6.C25H25BN2O5.C21H28N2O4.C19H14N2O4/c1-17(2)35-29(34)20-7-6-8-22(15-20)36-21-13-11-19(12-14-21)26-25(18(3)30-37-26)16-31-27(32)23-9-4-5-10-24(23)28(31)33;1-15-20(14-28-22(29)18-8-6-7-9-19(18)23(28)30)21(31-27-15)16-10-12-17(13-11-16)26-32-24(2,3)25(4,5)33-26;1-13(2)25-21(24)16-5-4-6-18(11-16)26-17-9-7-15(8-10-17)20-19(12-22)14(3)23-27-20;1-11-16(17(25-20-11)12-6-8-13(22)9-7-12)10-21-18(23)14-4-2-3-5-15(14)19(21)24/h4-5,9-14,17,20,22H,6-8,15-16H2,1-3H3;6-13H,14H2,1-5H3;7-10,13,16,18H,4-6,11-12,22H2,1-3H3;2-9,22H,10H2,1H3/t20-,22-;;16-,18-;/m0.0./s1. The van der Waals surface area contributed by atoms with Gasteiger partial charge < -0.3 is 57.2 Å². The highest BCUT2D eigenvalue weighted by molar-refractivity contribution is 6.62. The lowest BCUT2D eigenvalue weighted by Gasteiger charge is -2.32. The molecular formula is C94H97BN8O19. The van der Waals surface area contributed by atoms with Gasteiger partial charge in [-0.15, -0.1) is 0 Å². The van der Waals surface area contributed by atoms with Crippen LogP contribution in [0.2, 0.25) is 0 Å². The lowest BCUT2D eigenvalue weighted by Crippen LogP contribution is -2.41. The fourth-order valence-corrected chi connectivity index (χ4v) is 15.6. The Morgan fingerprint density at radius 2 is 0.705 bits per heavy atom. The second-order valence-electron chi connectivity index (χ2n) is 32.7. The van der Waals surface area contributed by atoms with Crippen molar-refractivity contribution in [1.29, 1.82) is 0 Å². The largest absolute Gasteiger partial charge is 0.508 e. The third-order valence-corrected chi connectivity index (χ3v) is 23.0. The number of ether oxygens (including phenoxy) is 4. The van der Waals surface area contributed by atoms with Crippen molar-refractivity contribution in [2.24, 2.45) is 17.6 Å². The highest BCUT2D eigenvalue weighted by Gasteiger charge is 2.52. The van der Waals surface area contributed by atoms with Gasteiger partial charge in [0.25, 0.3) is 35.4 Å². The Morgan fingerprint density at radius 3 is 1.00 bits per heavy atom. The Bertz CT molecular complexity index is 5610. The Labute approximate surface area is 706 Å². The molecule has 2 saturated carbocycles. The molecule has 4 atom stereocenters. The van der Waals surface area contributed by atoms with E-state index in [0.29, 0.717) is 121 Å². The second-order valence-corrected chi connectivity index (χ2v) is 32.7. The van der Waals surface area contributed by atoms with E-state index in [4.69, 9.17) is 52.1 Å². The van der Waals surface area contributed by atoms with Gasteiger partial charge in [-0.25, -0.2) is 0 Å². The Hall–Kier alpha value is -12.9. The quantitative estimate of drug-likeness (QED) is 0.0406. The van der Waals surface area contributed by atoms with Crippen molar-refractivity contribution in [2.45, 2.75) is 196 Å². The highest BCUT2D eigenvalue weighted by atomic mass is 16.7. The van der Waals surface area contributed by atoms with Gasteiger partial charge in [0.05, 0.1) is 123 Å². The number of hydrogen-bond donors (Lipinski definition) is 2. The summed E-state index contributed by atoms with van der Waals surface area (Å²) < 4.78 is 57.3. The van der Waals surface area contributed by atoms with E-state index < -0.39 is 18.3 Å². The van der Waals surface area contributed by atoms with Crippen LogP contribution < -0.4 is 20.7 Å². The van der Waals surface area contributed by atoms with Gasteiger partial charge in [-0.2, -0.15) is 0 Å². The number of carbonyl (C=O) groups is 8. The molecule has 11 aromatic rings. The van der Waals surface area contributed by atoms with Crippen LogP contribution in [0.1, 0.15) is 214 Å². The molecular weight excluding hydrogens is 1560 g/mol. The summed E-state index contributed by atoms with van der Waals surface area (Å²) in [6, 6.07) is 49.8. The van der Waals surface area contributed by atoms with Crippen LogP contribution in [0.25, 0.3) is 45.3 Å². The number of rotatable bonds is 20. The van der Waals surface area contributed by atoms with E-state index >= 15 is 0 Å². The molecule has 7 aromatic carbocycles. The monoisotopic (exact) mass is 1650 g/mol. The summed E-state index contributed by atoms with van der Waals surface area (Å²) in [5.74, 6) is 1.48. The van der Waals surface area contributed by atoms with Crippen LogP contribution in [-0.4, -0.2) is 131 Å². The number of aromatic hydroxyl groups is 1. The van der Waals surface area contributed by atoms with Crippen LogP contribution in [0.4, 0.5) is 0 Å². The van der Waals surface area contributed by atoms with Crippen molar-refractivity contribution in [3.05, 3.63) is 248 Å². The molecule has 122 heavy (non-hydrogen) atoms. The normalized spacial score (nSPS) is 18.1. The minimum absolute atomic E-state index is 0.0291. The fraction of sp³-hybridized carbons (Fsp3) is 0.340. The molecule has 27 nitrogen and oxygen atoms in total. The van der Waals surface area contributed by atoms with Gasteiger partial charge in [-0.3, -0.25) is 53.1 Å². The summed E-state index contributed by atoms with van der Waals surface area (Å²) in [5, 5.41) is 25.6. The van der Waals surface area contributed by atoms with E-state index in [-0.39, 0.29) is 109 Å². The maximum absolute atomic E-state index is 12.9. The molecule has 3 N–H and O–H groups in total. The van der Waals surface area contributed by atoms with Crippen LogP contribution in [0.5, 0.6) is 17.2 Å². The topological polar surface area (TPSA) is 352 Å². The maximum Gasteiger partial charge on any atom is 0.494 e. The lowest BCUT2D eigenvalue weighted by molar-refractivity contribution is -0.155. The smallest absolute Gasteiger partial charge is 0.494 e. The third-order valence-electron chi connectivity index (χ3n) is 23.0. The maximum atomic E-state index is 12.9. The van der Waals surface area contributed by atoms with Gasteiger partial charge in [0.2, 0.25) is 0 Å². The van der Waals surface area contributed by atoms with Gasteiger partial charge in [0, 0.05) is 51.1 Å². The number of carbonyl (C=O) groups excluding carboxylic acids is 8. The summed E-state index contributed by atoms with van der Waals surface area (Å²) in [4.78, 5) is 105. The molecule has 6 aliphatic rings. The van der Waals surface area contributed by atoms with Crippen molar-refractivity contribution < 1.29 is 89.8 Å². The SMILES string of the molecule is Cc1noc(-c2ccc(B3OC(C)(C)C(C)(C)O3)cc2)c1CN1C(=O)c2ccccc2C1=O.Cc1noc(-c2ccc(O)cc2)c1CN1C(=O)c2ccccc2C1=O.Cc1noc(-c2ccc(O[C@H]3CCC[C@H](C(=O)OC(C)C)C3)cc2)c1CN.Cc1noc(-c2ccc(O[C@H]3CCC[C@H](C(=O)OC(C)C)C3)cc2)c1CN1C(=O)c2ccccc2C1=O. The van der Waals surface area contributed by atoms with Crippen LogP contribution >= 0.6 is 0 Å². The number of aromatic nitrogens is 4. The molecule has 0 unspecified atom stereocenters. The van der Waals surface area contributed by atoms with Gasteiger partial charge in [0.15, 0.2) is 23.0 Å². The fourth-order valence-electron chi connectivity index (χ4n) is 15.6. The number of hydrogen-bond acceptors (Lipinski definition) is 24. The highest BCUT2D eigenvalue weighted by Crippen LogP contribution is 2.41. The third kappa shape index (κ3) is 18.2. The molecule has 28 heteroatoms. The molecule has 4 aliphatic heterocycles. The number of phenols is 1. The lowest BCUT2D eigenvalue weighted by atomic mass is 9.78. The number of esters is 2. The molecule has 17 rings (SSSR count). The van der Waals surface area contributed by atoms with Crippen molar-refractivity contribution >= 4 is 60.0 Å². The average molecular weight is 1650 g/mol.